The maximum atomic E-state index is 10.9. The summed E-state index contributed by atoms with van der Waals surface area (Å²) in [6.45, 7) is 0. The van der Waals surface area contributed by atoms with Gasteiger partial charge >= 0.3 is 10.1 Å². The van der Waals surface area contributed by atoms with Crippen molar-refractivity contribution in [2.45, 2.75) is 9.79 Å². The molecular formula is C6H5NO8S2. The van der Waals surface area contributed by atoms with Crippen molar-refractivity contribution in [3.05, 3.63) is 28.3 Å². The first-order valence-electron chi connectivity index (χ1n) is 3.77. The molecule has 0 aliphatic rings. The molecule has 11 heteroatoms. The van der Waals surface area contributed by atoms with Gasteiger partial charge in [0.2, 0.25) is 0 Å². The average molecular weight is 283 g/mol. The number of rotatable bonds is 3. The van der Waals surface area contributed by atoms with Crippen molar-refractivity contribution in [3.63, 3.8) is 0 Å². The summed E-state index contributed by atoms with van der Waals surface area (Å²) in [7, 11) is -10.2. The lowest BCUT2D eigenvalue weighted by atomic mass is 10.3. The summed E-state index contributed by atoms with van der Waals surface area (Å²) < 4.78 is 60.9. The highest BCUT2D eigenvalue weighted by molar-refractivity contribution is 7.89. The fourth-order valence-corrected chi connectivity index (χ4v) is 3.06. The summed E-state index contributed by atoms with van der Waals surface area (Å²) >= 11 is 0. The Morgan fingerprint density at radius 3 is 1.94 bits per heavy atom. The van der Waals surface area contributed by atoms with Gasteiger partial charge in [-0.1, -0.05) is 6.07 Å². The molecule has 0 aromatic heterocycles. The van der Waals surface area contributed by atoms with E-state index >= 15 is 0 Å². The molecule has 0 radical (unpaired) electrons. The van der Waals surface area contributed by atoms with Gasteiger partial charge in [-0.2, -0.15) is 16.8 Å². The maximum absolute atomic E-state index is 10.9. The fraction of sp³-hybridized carbons (Fsp3) is 0. The largest absolute Gasteiger partial charge is 0.302 e. The van der Waals surface area contributed by atoms with Crippen LogP contribution in [0, 0.1) is 10.1 Å². The normalized spacial score (nSPS) is 12.4. The SMILES string of the molecule is O=[N+]([O-])c1cccc(S(=O)(=O)O)c1S(=O)(=O)O. The van der Waals surface area contributed by atoms with Gasteiger partial charge in [-0.15, -0.1) is 0 Å². The summed E-state index contributed by atoms with van der Waals surface area (Å²) in [5.74, 6) is 0. The molecule has 0 spiro atoms. The van der Waals surface area contributed by atoms with Gasteiger partial charge in [0.15, 0.2) is 4.90 Å². The highest BCUT2D eigenvalue weighted by Crippen LogP contribution is 2.29. The molecule has 0 fully saturated rings. The predicted molar refractivity (Wildman–Crippen MR) is 52.7 cm³/mol. The van der Waals surface area contributed by atoms with E-state index in [2.05, 4.69) is 0 Å². The molecule has 0 bridgehead atoms. The minimum atomic E-state index is -5.17. The van der Waals surface area contributed by atoms with Gasteiger partial charge < -0.3 is 0 Å². The third kappa shape index (κ3) is 2.76. The minimum Gasteiger partial charge on any atom is -0.282 e. The highest BCUT2D eigenvalue weighted by atomic mass is 32.2. The van der Waals surface area contributed by atoms with Crippen LogP contribution in [-0.4, -0.2) is 30.9 Å². The molecule has 0 unspecified atom stereocenters. The van der Waals surface area contributed by atoms with E-state index in [4.69, 9.17) is 9.11 Å². The molecule has 17 heavy (non-hydrogen) atoms. The van der Waals surface area contributed by atoms with Crippen LogP contribution in [0.5, 0.6) is 0 Å². The van der Waals surface area contributed by atoms with Crippen LogP contribution in [0.3, 0.4) is 0 Å². The predicted octanol–water partition coefficient (Wildman–Crippen LogP) is 0.0882. The van der Waals surface area contributed by atoms with Crippen LogP contribution >= 0.6 is 0 Å². The summed E-state index contributed by atoms with van der Waals surface area (Å²) in [5.41, 5.74) is -1.15. The van der Waals surface area contributed by atoms with E-state index < -0.39 is 40.6 Å². The second-order valence-corrected chi connectivity index (χ2v) is 5.56. The van der Waals surface area contributed by atoms with Crippen molar-refractivity contribution in [1.82, 2.24) is 0 Å². The lowest BCUT2D eigenvalue weighted by Crippen LogP contribution is -2.11. The molecule has 9 nitrogen and oxygen atoms in total. The smallest absolute Gasteiger partial charge is 0.282 e. The summed E-state index contributed by atoms with van der Waals surface area (Å²) in [5, 5.41) is 10.5. The monoisotopic (exact) mass is 283 g/mol. The van der Waals surface area contributed by atoms with Gasteiger partial charge in [0, 0.05) is 6.07 Å². The quantitative estimate of drug-likeness (QED) is 0.449. The van der Waals surface area contributed by atoms with Gasteiger partial charge in [-0.05, 0) is 6.07 Å². The lowest BCUT2D eigenvalue weighted by molar-refractivity contribution is -0.388. The zero-order chi connectivity index (χ0) is 13.4. The number of nitro benzene ring substituents is 1. The number of benzene rings is 1. The average Bonchev–Trinajstić information content (AvgIpc) is 2.13. The van der Waals surface area contributed by atoms with Crippen LogP contribution in [0.15, 0.2) is 28.0 Å². The Balaban J connectivity index is 3.90. The van der Waals surface area contributed by atoms with Gasteiger partial charge in [-0.25, -0.2) is 0 Å². The first-order chi connectivity index (χ1) is 7.55. The summed E-state index contributed by atoms with van der Waals surface area (Å²) in [6, 6.07) is 2.15. The molecule has 0 saturated carbocycles. The summed E-state index contributed by atoms with van der Waals surface area (Å²) in [6.07, 6.45) is 0. The second-order valence-electron chi connectivity index (χ2n) is 2.81. The molecule has 0 aliphatic carbocycles. The second kappa shape index (κ2) is 4.03. The Morgan fingerprint density at radius 1 is 1.06 bits per heavy atom. The Hall–Kier alpha value is -1.56. The van der Waals surface area contributed by atoms with Gasteiger partial charge in [0.25, 0.3) is 15.8 Å². The molecule has 0 aliphatic heterocycles. The molecule has 0 heterocycles. The Labute approximate surface area is 95.3 Å². The van der Waals surface area contributed by atoms with Crippen LogP contribution in [0.2, 0.25) is 0 Å². The highest BCUT2D eigenvalue weighted by Gasteiger charge is 2.32. The Morgan fingerprint density at radius 2 is 1.59 bits per heavy atom. The standard InChI is InChI=1S/C6H5NO8S2/c8-7(9)4-2-1-3-5(16(10,11)12)6(4)17(13,14)15/h1-3H,(H,10,11,12)(H,13,14,15). The zero-order valence-electron chi connectivity index (χ0n) is 7.84. The number of hydrogen-bond acceptors (Lipinski definition) is 6. The summed E-state index contributed by atoms with van der Waals surface area (Å²) in [4.78, 5) is 6.58. The van der Waals surface area contributed by atoms with E-state index in [1.54, 1.807) is 0 Å². The molecular weight excluding hydrogens is 278 g/mol. The molecule has 94 valence electrons. The van der Waals surface area contributed by atoms with Crippen LogP contribution < -0.4 is 0 Å². The topological polar surface area (TPSA) is 152 Å². The van der Waals surface area contributed by atoms with Crippen molar-refractivity contribution in [1.29, 1.82) is 0 Å². The van der Waals surface area contributed by atoms with Gasteiger partial charge in [-0.3, -0.25) is 19.2 Å². The van der Waals surface area contributed by atoms with Gasteiger partial charge in [0.05, 0.1) is 4.92 Å². The Bertz CT molecular complexity index is 674. The van der Waals surface area contributed by atoms with Crippen LogP contribution in [0.25, 0.3) is 0 Å². The van der Waals surface area contributed by atoms with Crippen molar-refractivity contribution in [2.75, 3.05) is 0 Å². The maximum Gasteiger partial charge on any atom is 0.302 e. The third-order valence-electron chi connectivity index (χ3n) is 1.69. The van der Waals surface area contributed by atoms with E-state index in [9.17, 15) is 26.9 Å². The van der Waals surface area contributed by atoms with Crippen LogP contribution in [-0.2, 0) is 20.2 Å². The van der Waals surface area contributed by atoms with Crippen molar-refractivity contribution in [3.8, 4) is 0 Å². The zero-order valence-corrected chi connectivity index (χ0v) is 9.47. The minimum absolute atomic E-state index is 0.617. The van der Waals surface area contributed by atoms with E-state index in [-0.39, 0.29) is 0 Å². The molecule has 1 aromatic rings. The first kappa shape index (κ1) is 13.5. The molecule has 0 atom stereocenters. The number of nitro groups is 1. The lowest BCUT2D eigenvalue weighted by Gasteiger charge is -2.04. The van der Waals surface area contributed by atoms with E-state index in [0.29, 0.717) is 12.1 Å². The van der Waals surface area contributed by atoms with Crippen molar-refractivity contribution < 1.29 is 30.9 Å². The third-order valence-corrected chi connectivity index (χ3v) is 3.66. The van der Waals surface area contributed by atoms with E-state index in [0.717, 1.165) is 6.07 Å². The molecule has 1 aromatic carbocycles. The first-order valence-corrected chi connectivity index (χ1v) is 6.65. The molecule has 0 saturated heterocycles. The van der Waals surface area contributed by atoms with Crippen LogP contribution in [0.1, 0.15) is 0 Å². The van der Waals surface area contributed by atoms with E-state index in [1.165, 1.54) is 0 Å². The Kier molecular flexibility index (Phi) is 3.20. The molecule has 1 rings (SSSR count). The number of nitrogens with zero attached hydrogens (tertiary/aromatic N) is 1. The van der Waals surface area contributed by atoms with Gasteiger partial charge in [0.1, 0.15) is 4.90 Å². The fourth-order valence-electron chi connectivity index (χ4n) is 1.11. The molecule has 0 amide bonds. The molecule has 2 N–H and O–H groups in total. The van der Waals surface area contributed by atoms with Crippen LogP contribution in [0.4, 0.5) is 5.69 Å². The van der Waals surface area contributed by atoms with Crippen molar-refractivity contribution >= 4 is 25.9 Å². The van der Waals surface area contributed by atoms with Crippen molar-refractivity contribution in [2.24, 2.45) is 0 Å². The number of hydrogen-bond donors (Lipinski definition) is 2. The van der Waals surface area contributed by atoms with E-state index in [1.807, 2.05) is 0 Å².